The minimum absolute atomic E-state index is 0.0699. The standard InChI is InChI=1S/C25H22N6O/c1-3-5-9-21-18-30(16-6-4-2)25(32)31(21)17-19-12-14-20(15-13-19)22-10-7-8-11-23(22)24-26-28-29-27-24/h1-2,7-8,10-15,18H,5-6,9,16-17H2,(H,26,27,28,29). The molecule has 7 heteroatoms. The molecular weight excluding hydrogens is 400 g/mol. The third-order valence-corrected chi connectivity index (χ3v) is 5.28. The maximum atomic E-state index is 12.9. The number of tetrazole rings is 1. The maximum Gasteiger partial charge on any atom is 0.328 e. The van der Waals surface area contributed by atoms with Crippen LogP contribution in [0.15, 0.2) is 59.5 Å². The van der Waals surface area contributed by atoms with Crippen LogP contribution < -0.4 is 5.69 Å². The van der Waals surface area contributed by atoms with E-state index in [1.54, 1.807) is 9.13 Å². The van der Waals surface area contributed by atoms with Crippen molar-refractivity contribution < 1.29 is 0 Å². The summed E-state index contributed by atoms with van der Waals surface area (Å²) in [6.45, 7) is 0.966. The number of H-pyrrole nitrogens is 1. The van der Waals surface area contributed by atoms with Gasteiger partial charge in [-0.05, 0) is 27.1 Å². The Labute approximate surface area is 186 Å². The molecule has 0 amide bonds. The van der Waals surface area contributed by atoms with Crippen LogP contribution in [0.2, 0.25) is 0 Å². The van der Waals surface area contributed by atoms with Crippen molar-refractivity contribution in [1.29, 1.82) is 0 Å². The quantitative estimate of drug-likeness (QED) is 0.443. The number of aromatic nitrogens is 6. The Kier molecular flexibility index (Phi) is 6.29. The zero-order valence-electron chi connectivity index (χ0n) is 17.5. The van der Waals surface area contributed by atoms with E-state index < -0.39 is 0 Å². The Bertz CT molecular complexity index is 1330. The van der Waals surface area contributed by atoms with Crippen molar-refractivity contribution in [3.8, 4) is 47.2 Å². The number of aryl methyl sites for hydroxylation is 2. The van der Waals surface area contributed by atoms with Gasteiger partial charge in [0, 0.05) is 43.3 Å². The molecule has 0 aliphatic rings. The van der Waals surface area contributed by atoms with Crippen LogP contribution in [0.1, 0.15) is 24.1 Å². The summed E-state index contributed by atoms with van der Waals surface area (Å²) in [4.78, 5) is 12.9. The first-order valence-corrected chi connectivity index (χ1v) is 10.3. The Morgan fingerprint density at radius 3 is 2.41 bits per heavy atom. The van der Waals surface area contributed by atoms with Gasteiger partial charge < -0.3 is 0 Å². The van der Waals surface area contributed by atoms with E-state index in [0.29, 0.717) is 38.2 Å². The molecular formula is C25H22N6O. The third-order valence-electron chi connectivity index (χ3n) is 5.28. The zero-order valence-corrected chi connectivity index (χ0v) is 17.5. The Morgan fingerprint density at radius 2 is 1.72 bits per heavy atom. The normalized spacial score (nSPS) is 10.6. The lowest BCUT2D eigenvalue weighted by Crippen LogP contribution is -2.25. The molecule has 0 radical (unpaired) electrons. The molecule has 1 N–H and O–H groups in total. The molecule has 0 saturated heterocycles. The number of hydrogen-bond donors (Lipinski definition) is 1. The molecule has 4 aromatic rings. The van der Waals surface area contributed by atoms with Crippen LogP contribution in [0, 0.1) is 24.7 Å². The van der Waals surface area contributed by atoms with Crippen molar-refractivity contribution in [2.24, 2.45) is 0 Å². The number of imidazole rings is 1. The van der Waals surface area contributed by atoms with E-state index in [0.717, 1.165) is 27.9 Å². The van der Waals surface area contributed by atoms with Crippen LogP contribution in [0.25, 0.3) is 22.5 Å². The van der Waals surface area contributed by atoms with E-state index in [1.807, 2.05) is 54.7 Å². The SMILES string of the molecule is C#CCCc1cn(CCC#C)c(=O)n1Cc1ccc(-c2ccccc2-c2nnn[nH]2)cc1. The van der Waals surface area contributed by atoms with E-state index in [2.05, 4.69) is 32.5 Å². The molecule has 0 aliphatic carbocycles. The summed E-state index contributed by atoms with van der Waals surface area (Å²) in [5, 5.41) is 14.2. The van der Waals surface area contributed by atoms with Crippen molar-refractivity contribution in [2.75, 3.05) is 0 Å². The van der Waals surface area contributed by atoms with Gasteiger partial charge >= 0.3 is 5.69 Å². The highest BCUT2D eigenvalue weighted by molar-refractivity contribution is 5.80. The monoisotopic (exact) mass is 422 g/mol. The van der Waals surface area contributed by atoms with Crippen LogP contribution in [0.3, 0.4) is 0 Å². The predicted octanol–water partition coefficient (Wildman–Crippen LogP) is 3.13. The second kappa shape index (κ2) is 9.63. The molecule has 0 bridgehead atoms. The van der Waals surface area contributed by atoms with Gasteiger partial charge in [0.15, 0.2) is 5.82 Å². The smallest absolute Gasteiger partial charge is 0.298 e. The molecule has 4 rings (SSSR count). The highest BCUT2D eigenvalue weighted by atomic mass is 16.1. The maximum absolute atomic E-state index is 12.9. The summed E-state index contributed by atoms with van der Waals surface area (Å²) in [6.07, 6.45) is 14.4. The fourth-order valence-corrected chi connectivity index (χ4v) is 3.68. The van der Waals surface area contributed by atoms with Gasteiger partial charge in [0.2, 0.25) is 0 Å². The van der Waals surface area contributed by atoms with Crippen molar-refractivity contribution >= 4 is 0 Å². The predicted molar refractivity (Wildman–Crippen MR) is 123 cm³/mol. The highest BCUT2D eigenvalue weighted by Crippen LogP contribution is 2.29. The van der Waals surface area contributed by atoms with Crippen molar-refractivity contribution in [1.82, 2.24) is 29.8 Å². The van der Waals surface area contributed by atoms with Crippen LogP contribution >= 0.6 is 0 Å². The number of terminal acetylenes is 2. The number of nitrogens with zero attached hydrogens (tertiary/aromatic N) is 5. The molecule has 0 aliphatic heterocycles. The van der Waals surface area contributed by atoms with Crippen LogP contribution in [0.5, 0.6) is 0 Å². The zero-order chi connectivity index (χ0) is 22.3. The van der Waals surface area contributed by atoms with Gasteiger partial charge in [-0.2, -0.15) is 0 Å². The first kappa shape index (κ1) is 20.9. The summed E-state index contributed by atoms with van der Waals surface area (Å²) in [7, 11) is 0. The number of benzene rings is 2. The number of hydrogen-bond acceptors (Lipinski definition) is 4. The van der Waals surface area contributed by atoms with E-state index in [-0.39, 0.29) is 5.69 Å². The largest absolute Gasteiger partial charge is 0.328 e. The van der Waals surface area contributed by atoms with Gasteiger partial charge in [-0.25, -0.2) is 9.89 Å². The van der Waals surface area contributed by atoms with Crippen LogP contribution in [-0.2, 0) is 19.5 Å². The lowest BCUT2D eigenvalue weighted by atomic mass is 9.98. The summed E-state index contributed by atoms with van der Waals surface area (Å²) in [5.41, 5.74) is 4.84. The number of nitrogens with one attached hydrogen (secondary N) is 1. The minimum Gasteiger partial charge on any atom is -0.298 e. The highest BCUT2D eigenvalue weighted by Gasteiger charge is 2.13. The van der Waals surface area contributed by atoms with Crippen LogP contribution in [-0.4, -0.2) is 29.8 Å². The molecule has 2 aromatic heterocycles. The molecule has 0 saturated carbocycles. The Balaban J connectivity index is 1.62. The van der Waals surface area contributed by atoms with E-state index in [1.165, 1.54) is 0 Å². The summed E-state index contributed by atoms with van der Waals surface area (Å²) < 4.78 is 3.44. The molecule has 0 unspecified atom stereocenters. The molecule has 7 nitrogen and oxygen atoms in total. The third kappa shape index (κ3) is 4.38. The van der Waals surface area contributed by atoms with Gasteiger partial charge in [0.05, 0.1) is 6.54 Å². The van der Waals surface area contributed by atoms with Gasteiger partial charge in [-0.1, -0.05) is 48.5 Å². The fraction of sp³-hybridized carbons (Fsp3) is 0.200. The van der Waals surface area contributed by atoms with Gasteiger partial charge in [-0.3, -0.25) is 9.13 Å². The molecule has 0 fully saturated rings. The second-order valence-electron chi connectivity index (χ2n) is 7.33. The molecule has 158 valence electrons. The first-order chi connectivity index (χ1) is 15.7. The Hall–Kier alpha value is -4.36. The minimum atomic E-state index is -0.0699. The topological polar surface area (TPSA) is 81.4 Å². The van der Waals surface area contributed by atoms with Crippen molar-refractivity contribution in [3.05, 3.63) is 76.5 Å². The number of aromatic amines is 1. The van der Waals surface area contributed by atoms with E-state index >= 15 is 0 Å². The summed E-state index contributed by atoms with van der Waals surface area (Å²) in [6, 6.07) is 16.1. The van der Waals surface area contributed by atoms with Gasteiger partial charge in [-0.15, -0.1) is 29.8 Å². The average Bonchev–Trinajstić information content (AvgIpc) is 3.46. The Morgan fingerprint density at radius 1 is 0.969 bits per heavy atom. The lowest BCUT2D eigenvalue weighted by Gasteiger charge is -2.10. The fourth-order valence-electron chi connectivity index (χ4n) is 3.68. The second-order valence-corrected chi connectivity index (χ2v) is 7.33. The van der Waals surface area contributed by atoms with E-state index in [9.17, 15) is 4.79 Å². The van der Waals surface area contributed by atoms with Crippen molar-refractivity contribution in [2.45, 2.75) is 32.4 Å². The summed E-state index contributed by atoms with van der Waals surface area (Å²) in [5.74, 6) is 5.85. The molecule has 2 aromatic carbocycles. The van der Waals surface area contributed by atoms with Gasteiger partial charge in [0.25, 0.3) is 0 Å². The lowest BCUT2D eigenvalue weighted by molar-refractivity contribution is 0.640. The van der Waals surface area contributed by atoms with Gasteiger partial charge in [0.1, 0.15) is 0 Å². The van der Waals surface area contributed by atoms with E-state index in [4.69, 9.17) is 12.8 Å². The first-order valence-electron chi connectivity index (χ1n) is 10.3. The van der Waals surface area contributed by atoms with Crippen LogP contribution in [0.4, 0.5) is 0 Å². The average molecular weight is 422 g/mol. The summed E-state index contributed by atoms with van der Waals surface area (Å²) >= 11 is 0. The number of rotatable bonds is 8. The molecule has 2 heterocycles. The molecule has 0 spiro atoms. The van der Waals surface area contributed by atoms with Crippen molar-refractivity contribution in [3.63, 3.8) is 0 Å². The molecule has 0 atom stereocenters. The molecule has 32 heavy (non-hydrogen) atoms.